The molecule has 2 aliphatic rings. The Bertz CT molecular complexity index is 1790. The third kappa shape index (κ3) is 6.20. The van der Waals surface area contributed by atoms with Gasteiger partial charge in [-0.1, -0.05) is 36.4 Å². The van der Waals surface area contributed by atoms with E-state index in [-0.39, 0.29) is 48.2 Å². The molecular weight excluding hydrogens is 621 g/mol. The third-order valence-electron chi connectivity index (χ3n) is 7.30. The van der Waals surface area contributed by atoms with Crippen molar-refractivity contribution in [3.63, 3.8) is 0 Å². The average Bonchev–Trinajstić information content (AvgIpc) is 3.30. The average molecular weight is 647 g/mol. The maximum atomic E-state index is 13.8. The summed E-state index contributed by atoms with van der Waals surface area (Å²) < 4.78 is 74.4. The number of hydroxylamine groups is 2. The number of carbonyl (C=O) groups is 4. The van der Waals surface area contributed by atoms with Crippen molar-refractivity contribution < 1.29 is 54.5 Å². The second-order valence-electron chi connectivity index (χ2n) is 10.3. The highest BCUT2D eigenvalue weighted by Crippen LogP contribution is 2.50. The van der Waals surface area contributed by atoms with E-state index < -0.39 is 51.0 Å². The molecule has 0 aromatic heterocycles. The Morgan fingerprint density at radius 2 is 1.58 bits per heavy atom. The smallest absolute Gasteiger partial charge is 0.426 e. The monoisotopic (exact) mass is 646 g/mol. The second-order valence-corrected chi connectivity index (χ2v) is 11.8. The first kappa shape index (κ1) is 31.5. The summed E-state index contributed by atoms with van der Waals surface area (Å²) in [5.41, 5.74) is -4.01. The maximum Gasteiger partial charge on any atom is 0.534 e. The number of hydrogen-bond donors (Lipinski definition) is 0. The summed E-state index contributed by atoms with van der Waals surface area (Å²) >= 11 is 0. The van der Waals surface area contributed by atoms with Gasteiger partial charge in [0.15, 0.2) is 5.75 Å². The van der Waals surface area contributed by atoms with Crippen molar-refractivity contribution in [1.82, 2.24) is 5.06 Å². The lowest BCUT2D eigenvalue weighted by Crippen LogP contribution is -2.32. The summed E-state index contributed by atoms with van der Waals surface area (Å²) in [4.78, 5) is 55.6. The number of hydrogen-bond acceptors (Lipinski definition) is 10. The number of nitrogens with zero attached hydrogens (tertiary/aromatic N) is 2. The van der Waals surface area contributed by atoms with Gasteiger partial charge < -0.3 is 18.7 Å². The SMILES string of the molecule is Cc1ccc2c(c1OS(=O)(=O)C(F)(F)F)C(C(=O)Oc1ccc(CCC(=O)ON3C(=O)CCC3=O)cc1)c1ccccc1N2C. The van der Waals surface area contributed by atoms with E-state index in [9.17, 15) is 40.8 Å². The standard InChI is InChI=1S/C30H25F3N2O9S/c1-17-7-13-22-27(28(17)44-45(40,41)30(31,32)33)26(20-5-3-4-6-21(20)34(22)2)29(39)42-19-11-8-18(9-12-19)10-16-25(38)43-35-23(36)14-15-24(35)37/h3-9,11-13,26H,10,14-16H2,1-2H3. The van der Waals surface area contributed by atoms with Gasteiger partial charge in [-0.05, 0) is 54.3 Å². The Kier molecular flexibility index (Phi) is 8.31. The molecule has 11 nitrogen and oxygen atoms in total. The number of carbonyl (C=O) groups excluding carboxylic acids is 4. The van der Waals surface area contributed by atoms with Crippen LogP contribution in [0.5, 0.6) is 11.5 Å². The van der Waals surface area contributed by atoms with E-state index in [1.165, 1.54) is 25.1 Å². The summed E-state index contributed by atoms with van der Waals surface area (Å²) in [6, 6.07) is 15.5. The number of halogens is 3. The topological polar surface area (TPSA) is 137 Å². The lowest BCUT2D eigenvalue weighted by molar-refractivity contribution is -0.197. The Balaban J connectivity index is 1.39. The number of benzene rings is 3. The first-order valence-corrected chi connectivity index (χ1v) is 14.9. The van der Waals surface area contributed by atoms with Gasteiger partial charge in [0, 0.05) is 36.8 Å². The van der Waals surface area contributed by atoms with Crippen LogP contribution in [0, 0.1) is 6.92 Å². The van der Waals surface area contributed by atoms with Crippen molar-refractivity contribution in [2.45, 2.75) is 44.0 Å². The third-order valence-corrected chi connectivity index (χ3v) is 8.25. The molecule has 0 radical (unpaired) electrons. The van der Waals surface area contributed by atoms with E-state index in [2.05, 4.69) is 4.18 Å². The minimum Gasteiger partial charge on any atom is -0.426 e. The quantitative estimate of drug-likeness (QED) is 0.112. The fourth-order valence-electron chi connectivity index (χ4n) is 5.06. The summed E-state index contributed by atoms with van der Waals surface area (Å²) in [5.74, 6) is -4.81. The molecule has 0 saturated carbocycles. The van der Waals surface area contributed by atoms with Crippen LogP contribution < -0.4 is 13.8 Å². The van der Waals surface area contributed by atoms with E-state index in [0.717, 1.165) is 0 Å². The lowest BCUT2D eigenvalue weighted by atomic mass is 9.83. The van der Waals surface area contributed by atoms with Gasteiger partial charge in [-0.2, -0.15) is 21.6 Å². The molecule has 5 rings (SSSR count). The predicted molar refractivity (Wildman–Crippen MR) is 151 cm³/mol. The largest absolute Gasteiger partial charge is 0.534 e. The van der Waals surface area contributed by atoms with Gasteiger partial charge >= 0.3 is 27.6 Å². The van der Waals surface area contributed by atoms with Crippen LogP contribution in [-0.2, 0) is 40.6 Å². The van der Waals surface area contributed by atoms with Gasteiger partial charge in [-0.25, -0.2) is 4.79 Å². The molecule has 2 aliphatic heterocycles. The van der Waals surface area contributed by atoms with E-state index >= 15 is 0 Å². The molecule has 0 N–H and O–H groups in total. The minimum atomic E-state index is -6.08. The van der Waals surface area contributed by atoms with Gasteiger partial charge in [-0.15, -0.1) is 5.06 Å². The first-order chi connectivity index (χ1) is 21.2. The van der Waals surface area contributed by atoms with Crippen molar-refractivity contribution in [3.8, 4) is 11.5 Å². The predicted octanol–water partition coefficient (Wildman–Crippen LogP) is 4.58. The highest BCUT2D eigenvalue weighted by molar-refractivity contribution is 7.88. The van der Waals surface area contributed by atoms with Crippen LogP contribution in [0.3, 0.4) is 0 Å². The number of fused-ring (bicyclic) bond motifs is 2. The molecule has 3 aromatic carbocycles. The Morgan fingerprint density at radius 3 is 2.22 bits per heavy atom. The van der Waals surface area contributed by atoms with E-state index in [1.54, 1.807) is 54.4 Å². The van der Waals surface area contributed by atoms with Crippen LogP contribution in [0.1, 0.15) is 47.4 Å². The van der Waals surface area contributed by atoms with Crippen LogP contribution >= 0.6 is 0 Å². The van der Waals surface area contributed by atoms with E-state index in [1.807, 2.05) is 0 Å². The summed E-state index contributed by atoms with van der Waals surface area (Å²) in [5, 5.41) is 0.459. The van der Waals surface area contributed by atoms with Crippen molar-refractivity contribution in [2.24, 2.45) is 0 Å². The molecule has 1 unspecified atom stereocenters. The maximum absolute atomic E-state index is 13.8. The number of aryl methyl sites for hydroxylation is 2. The zero-order chi connectivity index (χ0) is 32.7. The van der Waals surface area contributed by atoms with Crippen molar-refractivity contribution in [3.05, 3.63) is 82.9 Å². The Morgan fingerprint density at radius 1 is 0.933 bits per heavy atom. The van der Waals surface area contributed by atoms with Gasteiger partial charge in [-0.3, -0.25) is 14.4 Å². The molecule has 0 bridgehead atoms. The van der Waals surface area contributed by atoms with Gasteiger partial charge in [0.25, 0.3) is 11.8 Å². The van der Waals surface area contributed by atoms with E-state index in [0.29, 0.717) is 21.9 Å². The Labute approximate surface area is 255 Å². The number of ether oxygens (including phenoxy) is 1. The molecule has 0 spiro atoms. The van der Waals surface area contributed by atoms with Gasteiger partial charge in [0.2, 0.25) is 0 Å². The van der Waals surface area contributed by atoms with Gasteiger partial charge in [0.05, 0.1) is 6.42 Å². The zero-order valence-electron chi connectivity index (χ0n) is 23.8. The molecule has 2 heterocycles. The molecule has 1 fully saturated rings. The number of imide groups is 1. The zero-order valence-corrected chi connectivity index (χ0v) is 24.6. The van der Waals surface area contributed by atoms with Crippen molar-refractivity contribution in [2.75, 3.05) is 11.9 Å². The van der Waals surface area contributed by atoms with Crippen LogP contribution in [-0.4, -0.2) is 49.8 Å². The summed E-state index contributed by atoms with van der Waals surface area (Å²) in [6.07, 6.45) is -0.0296. The molecule has 0 aliphatic carbocycles. The van der Waals surface area contributed by atoms with Crippen LogP contribution in [0.25, 0.3) is 0 Å². The highest BCUT2D eigenvalue weighted by atomic mass is 32.2. The fraction of sp³-hybridized carbons (Fsp3) is 0.267. The lowest BCUT2D eigenvalue weighted by Gasteiger charge is -2.35. The molecular formula is C30H25F3N2O9S. The second kappa shape index (κ2) is 11.9. The Hall–Kier alpha value is -4.92. The first-order valence-electron chi connectivity index (χ1n) is 13.5. The van der Waals surface area contributed by atoms with Crippen LogP contribution in [0.2, 0.25) is 0 Å². The van der Waals surface area contributed by atoms with Crippen LogP contribution in [0.4, 0.5) is 24.5 Å². The fourth-order valence-corrected chi connectivity index (χ4v) is 5.59. The number of para-hydroxylation sites is 1. The summed E-state index contributed by atoms with van der Waals surface area (Å²) in [7, 11) is -4.46. The normalized spacial score (nSPS) is 16.2. The number of esters is 1. The minimum absolute atomic E-state index is 0.0262. The molecule has 1 atom stereocenters. The number of anilines is 2. The molecule has 1 saturated heterocycles. The number of alkyl halides is 3. The molecule has 2 amide bonds. The number of rotatable bonds is 8. The van der Waals surface area contributed by atoms with E-state index in [4.69, 9.17) is 9.57 Å². The van der Waals surface area contributed by atoms with Crippen LogP contribution in [0.15, 0.2) is 60.7 Å². The van der Waals surface area contributed by atoms with Crippen molar-refractivity contribution in [1.29, 1.82) is 0 Å². The summed E-state index contributed by atoms with van der Waals surface area (Å²) in [6.45, 7) is 1.36. The molecule has 15 heteroatoms. The highest BCUT2D eigenvalue weighted by Gasteiger charge is 2.50. The molecule has 236 valence electrons. The molecule has 45 heavy (non-hydrogen) atoms. The van der Waals surface area contributed by atoms with Gasteiger partial charge in [0.1, 0.15) is 11.7 Å². The van der Waals surface area contributed by atoms with Crippen molar-refractivity contribution >= 4 is 45.2 Å². The molecule has 3 aromatic rings. The number of amides is 2.